The first-order valence-electron chi connectivity index (χ1n) is 5.96. The molecule has 0 bridgehead atoms. The summed E-state index contributed by atoms with van der Waals surface area (Å²) in [5.74, 6) is 0. The van der Waals surface area contributed by atoms with E-state index in [1.54, 1.807) is 0 Å². The molecular formula is C13H10ClN3O2S2. The van der Waals surface area contributed by atoms with E-state index in [1.807, 2.05) is 25.1 Å². The molecule has 8 heteroatoms. The molecule has 0 saturated carbocycles. The van der Waals surface area contributed by atoms with Crippen molar-refractivity contribution in [3.8, 4) is 0 Å². The van der Waals surface area contributed by atoms with Crippen LogP contribution in [0.1, 0.15) is 5.56 Å². The molecule has 0 amide bonds. The first-order valence-corrected chi connectivity index (χ1v) is 8.64. The Balaban J connectivity index is 1.97. The third kappa shape index (κ3) is 2.85. The van der Waals surface area contributed by atoms with Crippen molar-refractivity contribution in [2.45, 2.75) is 11.8 Å². The fraction of sp³-hybridized carbons (Fsp3) is 0.0769. The third-order valence-corrected chi connectivity index (χ3v) is 5.47. The Hall–Kier alpha value is -1.70. The van der Waals surface area contributed by atoms with Gasteiger partial charge in [0.2, 0.25) is 0 Å². The Bertz CT molecular complexity index is 905. The fourth-order valence-electron chi connectivity index (χ4n) is 1.82. The highest BCUT2D eigenvalue weighted by Crippen LogP contribution is 2.29. The molecule has 5 nitrogen and oxygen atoms in total. The number of hydrogen-bond acceptors (Lipinski definition) is 5. The number of fused-ring (bicyclic) bond motifs is 1. The van der Waals surface area contributed by atoms with Crippen LogP contribution in [0, 0.1) is 6.92 Å². The van der Waals surface area contributed by atoms with E-state index in [0.29, 0.717) is 5.13 Å². The van der Waals surface area contributed by atoms with E-state index in [0.717, 1.165) is 15.8 Å². The van der Waals surface area contributed by atoms with Crippen molar-refractivity contribution in [3.63, 3.8) is 0 Å². The summed E-state index contributed by atoms with van der Waals surface area (Å²) in [5, 5.41) is 0.568. The lowest BCUT2D eigenvalue weighted by molar-refractivity contribution is 0.601. The molecule has 2 heterocycles. The topological polar surface area (TPSA) is 72.0 Å². The summed E-state index contributed by atoms with van der Waals surface area (Å²) >= 11 is 6.94. The first-order chi connectivity index (χ1) is 9.95. The van der Waals surface area contributed by atoms with E-state index in [2.05, 4.69) is 14.7 Å². The molecule has 0 atom stereocenters. The maximum Gasteiger partial charge on any atom is 0.265 e. The van der Waals surface area contributed by atoms with Crippen molar-refractivity contribution < 1.29 is 8.42 Å². The zero-order valence-electron chi connectivity index (χ0n) is 10.9. The Labute approximate surface area is 130 Å². The molecule has 0 unspecified atom stereocenters. The van der Waals surface area contributed by atoms with Crippen LogP contribution in [0.15, 0.2) is 41.4 Å². The molecule has 0 saturated heterocycles. The van der Waals surface area contributed by atoms with Gasteiger partial charge >= 0.3 is 0 Å². The van der Waals surface area contributed by atoms with Crippen molar-refractivity contribution in [3.05, 3.63) is 47.2 Å². The Morgan fingerprint density at radius 3 is 2.71 bits per heavy atom. The van der Waals surface area contributed by atoms with E-state index < -0.39 is 10.0 Å². The molecule has 2 aromatic heterocycles. The van der Waals surface area contributed by atoms with Gasteiger partial charge in [-0.1, -0.05) is 35.1 Å². The minimum Gasteiger partial charge on any atom is -0.255 e. The lowest BCUT2D eigenvalue weighted by Gasteiger charge is -2.04. The summed E-state index contributed by atoms with van der Waals surface area (Å²) in [7, 11) is -3.71. The number of nitrogens with zero attached hydrogens (tertiary/aromatic N) is 2. The number of rotatable bonds is 3. The molecule has 108 valence electrons. The first kappa shape index (κ1) is 14.2. The molecular weight excluding hydrogens is 330 g/mol. The lowest BCUT2D eigenvalue weighted by Crippen LogP contribution is -2.12. The number of aryl methyl sites for hydroxylation is 1. The van der Waals surface area contributed by atoms with Gasteiger partial charge in [0.05, 0.1) is 10.2 Å². The zero-order chi connectivity index (χ0) is 15.0. The van der Waals surface area contributed by atoms with Gasteiger partial charge in [0.15, 0.2) is 5.13 Å². The number of anilines is 1. The van der Waals surface area contributed by atoms with Crippen molar-refractivity contribution >= 4 is 48.3 Å². The molecule has 0 fully saturated rings. The number of halogens is 1. The van der Waals surface area contributed by atoms with Crippen LogP contribution >= 0.6 is 22.9 Å². The summed E-state index contributed by atoms with van der Waals surface area (Å²) in [4.78, 5) is 8.14. The average molecular weight is 340 g/mol. The maximum absolute atomic E-state index is 12.2. The molecule has 0 aliphatic heterocycles. The van der Waals surface area contributed by atoms with Gasteiger partial charge in [-0.05, 0) is 30.7 Å². The van der Waals surface area contributed by atoms with Gasteiger partial charge in [-0.15, -0.1) is 0 Å². The molecule has 0 aliphatic rings. The molecule has 1 N–H and O–H groups in total. The Kier molecular flexibility index (Phi) is 3.56. The molecule has 3 aromatic rings. The Morgan fingerprint density at radius 2 is 2.05 bits per heavy atom. The van der Waals surface area contributed by atoms with Crippen LogP contribution in [0.25, 0.3) is 10.2 Å². The number of para-hydroxylation sites is 1. The summed E-state index contributed by atoms with van der Waals surface area (Å²) in [6.07, 6.45) is 1.21. The minimum absolute atomic E-state index is 0.0443. The Morgan fingerprint density at radius 1 is 1.24 bits per heavy atom. The maximum atomic E-state index is 12.2. The van der Waals surface area contributed by atoms with Crippen LogP contribution in [0.2, 0.25) is 5.15 Å². The van der Waals surface area contributed by atoms with Crippen LogP contribution in [0.3, 0.4) is 0 Å². The molecule has 3 rings (SSSR count). The zero-order valence-corrected chi connectivity index (χ0v) is 13.3. The van der Waals surface area contributed by atoms with Gasteiger partial charge in [-0.25, -0.2) is 18.4 Å². The molecule has 0 aliphatic carbocycles. The minimum atomic E-state index is -3.71. The number of benzene rings is 1. The van der Waals surface area contributed by atoms with Gasteiger partial charge < -0.3 is 0 Å². The van der Waals surface area contributed by atoms with E-state index in [9.17, 15) is 8.42 Å². The standard InChI is InChI=1S/C13H10ClN3O2S2/c1-8-3-2-4-10-12(8)16-13(20-10)17-21(18,19)9-5-6-11(14)15-7-9/h2-7H,1H3,(H,16,17). The normalized spacial score (nSPS) is 11.7. The van der Waals surface area contributed by atoms with Crippen LogP contribution in [-0.4, -0.2) is 18.4 Å². The summed E-state index contributed by atoms with van der Waals surface area (Å²) in [6, 6.07) is 8.58. The second-order valence-electron chi connectivity index (χ2n) is 4.36. The van der Waals surface area contributed by atoms with Crippen LogP contribution in [0.5, 0.6) is 0 Å². The van der Waals surface area contributed by atoms with Crippen LogP contribution in [0.4, 0.5) is 5.13 Å². The van der Waals surface area contributed by atoms with E-state index in [4.69, 9.17) is 11.6 Å². The predicted octanol–water partition coefficient (Wildman–Crippen LogP) is 3.45. The van der Waals surface area contributed by atoms with Gasteiger partial charge in [0.25, 0.3) is 10.0 Å². The molecule has 21 heavy (non-hydrogen) atoms. The van der Waals surface area contributed by atoms with Crippen molar-refractivity contribution in [1.29, 1.82) is 0 Å². The number of pyridine rings is 1. The monoisotopic (exact) mass is 339 g/mol. The quantitative estimate of drug-likeness (QED) is 0.742. The number of hydrogen-bond donors (Lipinski definition) is 1. The van der Waals surface area contributed by atoms with Crippen molar-refractivity contribution in [2.24, 2.45) is 0 Å². The van der Waals surface area contributed by atoms with Crippen LogP contribution in [-0.2, 0) is 10.0 Å². The second kappa shape index (κ2) is 5.25. The SMILES string of the molecule is Cc1cccc2sc(NS(=O)(=O)c3ccc(Cl)nc3)nc12. The van der Waals surface area contributed by atoms with E-state index in [1.165, 1.54) is 29.7 Å². The molecule has 0 radical (unpaired) electrons. The van der Waals surface area contributed by atoms with Crippen LogP contribution < -0.4 is 4.72 Å². The van der Waals surface area contributed by atoms with Gasteiger partial charge in [0.1, 0.15) is 10.0 Å². The summed E-state index contributed by atoms with van der Waals surface area (Å²) in [5.41, 5.74) is 1.80. The predicted molar refractivity (Wildman–Crippen MR) is 84.4 cm³/mol. The highest BCUT2D eigenvalue weighted by atomic mass is 35.5. The number of sulfonamides is 1. The number of nitrogens with one attached hydrogen (secondary N) is 1. The lowest BCUT2D eigenvalue weighted by atomic mass is 10.2. The molecule has 0 spiro atoms. The number of aromatic nitrogens is 2. The smallest absolute Gasteiger partial charge is 0.255 e. The third-order valence-electron chi connectivity index (χ3n) is 2.85. The molecule has 1 aromatic carbocycles. The highest BCUT2D eigenvalue weighted by Gasteiger charge is 2.17. The average Bonchev–Trinajstić information content (AvgIpc) is 2.82. The fourth-order valence-corrected chi connectivity index (χ4v) is 4.06. The van der Waals surface area contributed by atoms with Gasteiger partial charge in [-0.2, -0.15) is 0 Å². The van der Waals surface area contributed by atoms with Crippen molar-refractivity contribution in [2.75, 3.05) is 4.72 Å². The largest absolute Gasteiger partial charge is 0.265 e. The summed E-state index contributed by atoms with van der Waals surface area (Å²) < 4.78 is 27.9. The second-order valence-corrected chi connectivity index (χ2v) is 7.46. The van der Waals surface area contributed by atoms with E-state index >= 15 is 0 Å². The van der Waals surface area contributed by atoms with Crippen molar-refractivity contribution in [1.82, 2.24) is 9.97 Å². The van der Waals surface area contributed by atoms with E-state index in [-0.39, 0.29) is 10.0 Å². The number of thiazole rings is 1. The van der Waals surface area contributed by atoms with Gasteiger partial charge in [0, 0.05) is 6.20 Å². The van der Waals surface area contributed by atoms with Gasteiger partial charge in [-0.3, -0.25) is 4.72 Å². The highest BCUT2D eigenvalue weighted by molar-refractivity contribution is 7.93. The summed E-state index contributed by atoms with van der Waals surface area (Å²) in [6.45, 7) is 1.93.